The van der Waals surface area contributed by atoms with Crippen molar-refractivity contribution >= 4 is 15.8 Å². The molecule has 7 heteroatoms. The van der Waals surface area contributed by atoms with E-state index < -0.39 is 10.0 Å². The second-order valence-electron chi connectivity index (χ2n) is 5.29. The molecule has 0 radical (unpaired) electrons. The van der Waals surface area contributed by atoms with Crippen LogP contribution in [0.5, 0.6) is 0 Å². The summed E-state index contributed by atoms with van der Waals surface area (Å²) in [7, 11) is 0.195. The van der Waals surface area contributed by atoms with E-state index in [-0.39, 0.29) is 17.0 Å². The largest absolute Gasteiger partial charge is 0.372 e. The van der Waals surface area contributed by atoms with Crippen molar-refractivity contribution in [2.45, 2.75) is 30.8 Å². The van der Waals surface area contributed by atoms with Gasteiger partial charge in [-0.15, -0.1) is 0 Å². The average molecular weight is 298 g/mol. The number of aromatic nitrogens is 1. The molecule has 112 valence electrons. The Balaban J connectivity index is 2.36. The first kappa shape index (κ1) is 15.2. The highest BCUT2D eigenvalue weighted by atomic mass is 32.2. The normalized spacial score (nSPS) is 25.6. The first-order valence-corrected chi connectivity index (χ1v) is 8.16. The maximum Gasteiger partial charge on any atom is 0.246 e. The molecule has 1 aromatic rings. The number of nitrogens with zero attached hydrogens (tertiary/aromatic N) is 3. The van der Waals surface area contributed by atoms with Gasteiger partial charge in [0, 0.05) is 38.4 Å². The van der Waals surface area contributed by atoms with Crippen molar-refractivity contribution in [3.05, 3.63) is 18.3 Å². The Morgan fingerprint density at radius 3 is 2.45 bits per heavy atom. The number of anilines is 1. The minimum absolute atomic E-state index is 0.197. The molecule has 0 spiro atoms. The van der Waals surface area contributed by atoms with Gasteiger partial charge in [0.25, 0.3) is 0 Å². The second-order valence-corrected chi connectivity index (χ2v) is 7.19. The van der Waals surface area contributed by atoms with Crippen LogP contribution in [-0.4, -0.2) is 61.9 Å². The molecule has 20 heavy (non-hydrogen) atoms. The Morgan fingerprint density at radius 1 is 1.30 bits per heavy atom. The molecule has 2 rings (SSSR count). The third kappa shape index (κ3) is 2.65. The molecule has 1 N–H and O–H groups in total. The molecule has 0 bridgehead atoms. The predicted molar refractivity (Wildman–Crippen MR) is 79.2 cm³/mol. The molecule has 0 saturated carbocycles. The van der Waals surface area contributed by atoms with E-state index in [1.54, 1.807) is 29.7 Å². The second kappa shape index (κ2) is 5.67. The van der Waals surface area contributed by atoms with Crippen molar-refractivity contribution in [2.75, 3.05) is 32.5 Å². The van der Waals surface area contributed by atoms with Crippen molar-refractivity contribution in [1.82, 2.24) is 14.2 Å². The fourth-order valence-corrected chi connectivity index (χ4v) is 4.23. The first-order valence-electron chi connectivity index (χ1n) is 6.72. The fourth-order valence-electron chi connectivity index (χ4n) is 2.48. The van der Waals surface area contributed by atoms with E-state index in [0.717, 1.165) is 0 Å². The smallest absolute Gasteiger partial charge is 0.246 e. The average Bonchev–Trinajstić information content (AvgIpc) is 2.44. The fraction of sp³-hybridized carbons (Fsp3) is 0.615. The lowest BCUT2D eigenvalue weighted by Crippen LogP contribution is -2.56. The monoisotopic (exact) mass is 298 g/mol. The molecule has 2 unspecified atom stereocenters. The van der Waals surface area contributed by atoms with Crippen molar-refractivity contribution in [1.29, 1.82) is 0 Å². The van der Waals surface area contributed by atoms with Crippen LogP contribution in [0.15, 0.2) is 23.2 Å². The van der Waals surface area contributed by atoms with Gasteiger partial charge in [0.1, 0.15) is 10.7 Å². The minimum Gasteiger partial charge on any atom is -0.372 e. The van der Waals surface area contributed by atoms with Crippen LogP contribution in [0, 0.1) is 0 Å². The van der Waals surface area contributed by atoms with Gasteiger partial charge >= 0.3 is 0 Å². The van der Waals surface area contributed by atoms with Gasteiger partial charge in [-0.1, -0.05) is 0 Å². The Labute approximate surface area is 120 Å². The van der Waals surface area contributed by atoms with Gasteiger partial charge in [-0.3, -0.25) is 4.90 Å². The summed E-state index contributed by atoms with van der Waals surface area (Å²) in [4.78, 5) is 6.53. The molecule has 6 nitrogen and oxygen atoms in total. The molecule has 1 fully saturated rings. The zero-order valence-corrected chi connectivity index (χ0v) is 13.2. The number of piperazine rings is 1. The summed E-state index contributed by atoms with van der Waals surface area (Å²) >= 11 is 0. The summed E-state index contributed by atoms with van der Waals surface area (Å²) in [5, 5.41) is 2.84. The molecule has 0 aromatic carbocycles. The van der Waals surface area contributed by atoms with Gasteiger partial charge in [-0.25, -0.2) is 13.4 Å². The topological polar surface area (TPSA) is 65.5 Å². The highest BCUT2D eigenvalue weighted by molar-refractivity contribution is 7.89. The van der Waals surface area contributed by atoms with Gasteiger partial charge in [0.05, 0.1) is 0 Å². The molecule has 1 saturated heterocycles. The number of hydrogen-bond donors (Lipinski definition) is 1. The number of nitrogens with one attached hydrogen (secondary N) is 1. The van der Waals surface area contributed by atoms with Gasteiger partial charge < -0.3 is 5.32 Å². The van der Waals surface area contributed by atoms with Crippen LogP contribution in [0.4, 0.5) is 5.82 Å². The van der Waals surface area contributed by atoms with Crippen LogP contribution in [0.3, 0.4) is 0 Å². The van der Waals surface area contributed by atoms with E-state index in [0.29, 0.717) is 18.9 Å². The lowest BCUT2D eigenvalue weighted by atomic mass is 10.1. The van der Waals surface area contributed by atoms with Gasteiger partial charge in [0.2, 0.25) is 10.0 Å². The van der Waals surface area contributed by atoms with Crippen molar-refractivity contribution in [3.63, 3.8) is 0 Å². The summed E-state index contributed by atoms with van der Waals surface area (Å²) in [5.74, 6) is 0.395. The van der Waals surface area contributed by atoms with Crippen LogP contribution < -0.4 is 5.32 Å². The Hall–Kier alpha value is -1.18. The quantitative estimate of drug-likeness (QED) is 0.895. The molecular weight excluding hydrogens is 276 g/mol. The first-order chi connectivity index (χ1) is 9.37. The Kier molecular flexibility index (Phi) is 4.31. The summed E-state index contributed by atoms with van der Waals surface area (Å²) in [6, 6.07) is 3.64. The van der Waals surface area contributed by atoms with E-state index in [1.165, 1.54) is 0 Å². The summed E-state index contributed by atoms with van der Waals surface area (Å²) in [6.45, 7) is 5.09. The van der Waals surface area contributed by atoms with Crippen LogP contribution in [-0.2, 0) is 10.0 Å². The standard InChI is InChI=1S/C13H22N4O2S/c1-10-8-17(9-11(2)16(10)4)20(18,19)12-6-5-7-15-13(12)14-3/h5-7,10-11H,8-9H2,1-4H3,(H,14,15). The zero-order chi connectivity index (χ0) is 14.9. The molecule has 1 aliphatic rings. The summed E-state index contributed by atoms with van der Waals surface area (Å²) in [5.41, 5.74) is 0. The van der Waals surface area contributed by atoms with Crippen molar-refractivity contribution in [2.24, 2.45) is 0 Å². The number of pyridine rings is 1. The third-order valence-corrected chi connectivity index (χ3v) is 5.81. The molecular formula is C13H22N4O2S. The maximum absolute atomic E-state index is 12.8. The lowest BCUT2D eigenvalue weighted by molar-refractivity contribution is 0.105. The third-order valence-electron chi connectivity index (χ3n) is 3.95. The van der Waals surface area contributed by atoms with Gasteiger partial charge in [0.15, 0.2) is 0 Å². The van der Waals surface area contributed by atoms with Crippen LogP contribution in [0.1, 0.15) is 13.8 Å². The number of likely N-dealkylation sites (N-methyl/N-ethyl adjacent to an activating group) is 1. The summed E-state index contributed by atoms with van der Waals surface area (Å²) in [6.07, 6.45) is 1.58. The van der Waals surface area contributed by atoms with Crippen LogP contribution in [0.25, 0.3) is 0 Å². The zero-order valence-electron chi connectivity index (χ0n) is 12.4. The van der Waals surface area contributed by atoms with E-state index in [4.69, 9.17) is 0 Å². The highest BCUT2D eigenvalue weighted by Gasteiger charge is 2.35. The predicted octanol–water partition coefficient (Wildman–Crippen LogP) is 0.836. The van der Waals surface area contributed by atoms with Crippen molar-refractivity contribution in [3.8, 4) is 0 Å². The van der Waals surface area contributed by atoms with E-state index in [1.807, 2.05) is 20.9 Å². The molecule has 2 atom stereocenters. The Morgan fingerprint density at radius 2 is 1.90 bits per heavy atom. The van der Waals surface area contributed by atoms with Crippen LogP contribution >= 0.6 is 0 Å². The van der Waals surface area contributed by atoms with E-state index in [2.05, 4.69) is 15.2 Å². The van der Waals surface area contributed by atoms with Crippen molar-refractivity contribution < 1.29 is 8.42 Å². The molecule has 1 aromatic heterocycles. The van der Waals surface area contributed by atoms with Gasteiger partial charge in [-0.05, 0) is 33.0 Å². The lowest BCUT2D eigenvalue weighted by Gasteiger charge is -2.41. The molecule has 2 heterocycles. The maximum atomic E-state index is 12.8. The molecule has 0 amide bonds. The molecule has 0 aliphatic carbocycles. The van der Waals surface area contributed by atoms with Crippen LogP contribution in [0.2, 0.25) is 0 Å². The number of hydrogen-bond acceptors (Lipinski definition) is 5. The number of sulfonamides is 1. The molecule has 1 aliphatic heterocycles. The SMILES string of the molecule is CNc1ncccc1S(=O)(=O)N1CC(C)N(C)C(C)C1. The number of rotatable bonds is 3. The minimum atomic E-state index is -3.51. The highest BCUT2D eigenvalue weighted by Crippen LogP contribution is 2.25. The summed E-state index contributed by atoms with van der Waals surface area (Å²) < 4.78 is 27.1. The Bertz CT molecular complexity index is 563. The van der Waals surface area contributed by atoms with Gasteiger partial charge in [-0.2, -0.15) is 4.31 Å². The van der Waals surface area contributed by atoms with E-state index in [9.17, 15) is 8.42 Å². The van der Waals surface area contributed by atoms with E-state index >= 15 is 0 Å².